The summed E-state index contributed by atoms with van der Waals surface area (Å²) in [4.78, 5) is 27.0. The molecule has 0 heterocycles. The van der Waals surface area contributed by atoms with E-state index < -0.39 is 5.72 Å². The zero-order chi connectivity index (χ0) is 10.4. The van der Waals surface area contributed by atoms with Crippen LogP contribution in [-0.2, 0) is 14.3 Å². The maximum absolute atomic E-state index is 10.1. The highest BCUT2D eigenvalue weighted by Crippen LogP contribution is 2.25. The Bertz CT molecular complexity index is 374. The van der Waals surface area contributed by atoms with E-state index in [1.807, 2.05) is 0 Å². The number of aliphatic imine (C=N–C) groups is 2. The largest absolute Gasteiger partial charge is 0.352 e. The van der Waals surface area contributed by atoms with Crippen molar-refractivity contribution in [2.24, 2.45) is 9.98 Å². The summed E-state index contributed by atoms with van der Waals surface area (Å²) in [6.07, 6.45) is 7.93. The Kier molecular flexibility index (Phi) is 3.26. The molecule has 1 rings (SSSR count). The van der Waals surface area contributed by atoms with Crippen molar-refractivity contribution < 1.29 is 14.3 Å². The third-order valence-corrected chi connectivity index (χ3v) is 1.88. The van der Waals surface area contributed by atoms with Crippen molar-refractivity contribution in [3.63, 3.8) is 0 Å². The highest BCUT2D eigenvalue weighted by Gasteiger charge is 2.27. The van der Waals surface area contributed by atoms with Crippen molar-refractivity contribution in [3.05, 3.63) is 23.9 Å². The van der Waals surface area contributed by atoms with Crippen LogP contribution in [0.25, 0.3) is 0 Å². The number of hydrogen-bond acceptors (Lipinski definition) is 5. The van der Waals surface area contributed by atoms with Gasteiger partial charge in [-0.05, 0) is 12.2 Å². The molecule has 5 heteroatoms. The van der Waals surface area contributed by atoms with Gasteiger partial charge in [-0.15, -0.1) is 0 Å². The molecule has 1 aliphatic rings. The molecular formula is C9H8N2O3. The number of hydrogen-bond donors (Lipinski definition) is 0. The molecule has 0 amide bonds. The van der Waals surface area contributed by atoms with Gasteiger partial charge in [0.2, 0.25) is 12.2 Å². The Morgan fingerprint density at radius 1 is 1.50 bits per heavy atom. The van der Waals surface area contributed by atoms with Crippen molar-refractivity contribution in [2.75, 3.05) is 7.11 Å². The first-order valence-electron chi connectivity index (χ1n) is 3.88. The fourth-order valence-corrected chi connectivity index (χ4v) is 1.10. The van der Waals surface area contributed by atoms with Crippen LogP contribution in [-0.4, -0.2) is 25.0 Å². The zero-order valence-electron chi connectivity index (χ0n) is 7.56. The molecule has 0 aliphatic heterocycles. The van der Waals surface area contributed by atoms with E-state index in [2.05, 4.69) is 9.98 Å². The molecule has 14 heavy (non-hydrogen) atoms. The second-order valence-corrected chi connectivity index (χ2v) is 2.62. The van der Waals surface area contributed by atoms with Crippen molar-refractivity contribution in [1.29, 1.82) is 0 Å². The lowest BCUT2D eigenvalue weighted by molar-refractivity contribution is 0.0416. The number of methoxy groups -OCH3 is 1. The Balaban J connectivity index is 2.89. The van der Waals surface area contributed by atoms with E-state index in [0.29, 0.717) is 12.1 Å². The van der Waals surface area contributed by atoms with Gasteiger partial charge < -0.3 is 4.74 Å². The topological polar surface area (TPSA) is 68.1 Å². The molecular weight excluding hydrogens is 184 g/mol. The van der Waals surface area contributed by atoms with E-state index >= 15 is 0 Å². The highest BCUT2D eigenvalue weighted by atomic mass is 16.5. The lowest BCUT2D eigenvalue weighted by Gasteiger charge is -2.23. The summed E-state index contributed by atoms with van der Waals surface area (Å²) in [6, 6.07) is 0. The number of carbonyl (C=O) groups excluding carboxylic acids is 2. The van der Waals surface area contributed by atoms with Gasteiger partial charge in [0.25, 0.3) is 0 Å². The van der Waals surface area contributed by atoms with Gasteiger partial charge >= 0.3 is 0 Å². The number of rotatable bonds is 3. The van der Waals surface area contributed by atoms with Crippen molar-refractivity contribution >= 4 is 12.2 Å². The fourth-order valence-electron chi connectivity index (χ4n) is 1.10. The van der Waals surface area contributed by atoms with Crippen LogP contribution in [0.5, 0.6) is 0 Å². The van der Waals surface area contributed by atoms with Crippen LogP contribution in [0.2, 0.25) is 0 Å². The molecule has 0 N–H and O–H groups in total. The summed E-state index contributed by atoms with van der Waals surface area (Å²) in [7, 11) is 1.44. The van der Waals surface area contributed by atoms with E-state index in [1.54, 1.807) is 18.2 Å². The third kappa shape index (κ3) is 2.12. The minimum absolute atomic E-state index is 0.343. The van der Waals surface area contributed by atoms with E-state index in [4.69, 9.17) is 4.74 Å². The predicted molar refractivity (Wildman–Crippen MR) is 47.8 cm³/mol. The third-order valence-electron chi connectivity index (χ3n) is 1.88. The maximum Gasteiger partial charge on any atom is 0.240 e. The lowest BCUT2D eigenvalue weighted by Crippen LogP contribution is -2.26. The molecule has 0 radical (unpaired) electrons. The van der Waals surface area contributed by atoms with Crippen LogP contribution < -0.4 is 0 Å². The molecule has 1 unspecified atom stereocenters. The van der Waals surface area contributed by atoms with Gasteiger partial charge in [-0.1, -0.05) is 6.08 Å². The van der Waals surface area contributed by atoms with Gasteiger partial charge in [0, 0.05) is 13.5 Å². The molecule has 1 atom stereocenters. The van der Waals surface area contributed by atoms with E-state index in [9.17, 15) is 9.59 Å². The van der Waals surface area contributed by atoms with Crippen LogP contribution in [0.15, 0.2) is 33.9 Å². The number of allylic oxidation sites excluding steroid dienone is 1. The Hall–Kier alpha value is -1.80. The lowest BCUT2D eigenvalue weighted by atomic mass is 10.0. The maximum atomic E-state index is 10.1. The first kappa shape index (κ1) is 10.3. The number of nitrogens with zero attached hydrogens (tertiary/aromatic N) is 2. The molecule has 0 aromatic heterocycles. The van der Waals surface area contributed by atoms with E-state index in [-0.39, 0.29) is 0 Å². The fraction of sp³-hybridized carbons (Fsp3) is 0.333. The summed E-state index contributed by atoms with van der Waals surface area (Å²) in [5, 5.41) is 0. The van der Waals surface area contributed by atoms with Gasteiger partial charge in [0.15, 0.2) is 5.72 Å². The zero-order valence-corrected chi connectivity index (χ0v) is 7.56. The molecule has 0 saturated carbocycles. The standard InChI is InChI=1S/C9H8N2O3/c1-14-9(11-7-13)4-2-8(3-5-9)10-6-12/h2-4H,5H2,1H3. The summed E-state index contributed by atoms with van der Waals surface area (Å²) in [6.45, 7) is 0. The summed E-state index contributed by atoms with van der Waals surface area (Å²) in [5.41, 5.74) is -0.516. The van der Waals surface area contributed by atoms with E-state index in [0.717, 1.165) is 0 Å². The molecule has 0 saturated heterocycles. The summed E-state index contributed by atoms with van der Waals surface area (Å²) < 4.78 is 5.04. The monoisotopic (exact) mass is 192 g/mol. The van der Waals surface area contributed by atoms with Crippen LogP contribution in [0, 0.1) is 0 Å². The van der Waals surface area contributed by atoms with Gasteiger partial charge in [-0.25, -0.2) is 9.59 Å². The minimum atomic E-state index is -0.996. The molecule has 72 valence electrons. The first-order chi connectivity index (χ1) is 6.76. The molecule has 5 nitrogen and oxygen atoms in total. The van der Waals surface area contributed by atoms with Gasteiger partial charge in [-0.3, -0.25) is 0 Å². The SMILES string of the molecule is COC1(N=C=O)C=CC(N=C=O)=CC1. The Morgan fingerprint density at radius 3 is 2.71 bits per heavy atom. The second kappa shape index (κ2) is 4.44. The Morgan fingerprint density at radius 2 is 2.29 bits per heavy atom. The van der Waals surface area contributed by atoms with Gasteiger partial charge in [0.05, 0.1) is 5.70 Å². The highest BCUT2D eigenvalue weighted by molar-refractivity contribution is 5.42. The summed E-state index contributed by atoms with van der Waals surface area (Å²) >= 11 is 0. The van der Waals surface area contributed by atoms with Crippen LogP contribution in [0.1, 0.15) is 6.42 Å². The number of isocyanates is 2. The van der Waals surface area contributed by atoms with E-state index in [1.165, 1.54) is 19.3 Å². The van der Waals surface area contributed by atoms with Crippen LogP contribution in [0.3, 0.4) is 0 Å². The van der Waals surface area contributed by atoms with Gasteiger partial charge in [0.1, 0.15) is 0 Å². The smallest absolute Gasteiger partial charge is 0.240 e. The molecule has 1 aliphatic carbocycles. The first-order valence-corrected chi connectivity index (χ1v) is 3.88. The van der Waals surface area contributed by atoms with Crippen molar-refractivity contribution in [3.8, 4) is 0 Å². The van der Waals surface area contributed by atoms with Crippen molar-refractivity contribution in [2.45, 2.75) is 12.1 Å². The average Bonchev–Trinajstić information content (AvgIpc) is 2.22. The molecule has 0 bridgehead atoms. The van der Waals surface area contributed by atoms with Crippen LogP contribution in [0.4, 0.5) is 0 Å². The molecule has 0 aromatic carbocycles. The average molecular weight is 192 g/mol. The van der Waals surface area contributed by atoms with Gasteiger partial charge in [-0.2, -0.15) is 9.98 Å². The molecule has 0 spiro atoms. The normalized spacial score (nSPS) is 24.5. The second-order valence-electron chi connectivity index (χ2n) is 2.62. The van der Waals surface area contributed by atoms with Crippen molar-refractivity contribution in [1.82, 2.24) is 0 Å². The summed E-state index contributed by atoms with van der Waals surface area (Å²) in [5.74, 6) is 0. The molecule has 0 fully saturated rings. The number of ether oxygens (including phenoxy) is 1. The van der Waals surface area contributed by atoms with Crippen LogP contribution >= 0.6 is 0 Å². The quantitative estimate of drug-likeness (QED) is 0.491. The molecule has 0 aromatic rings. The minimum Gasteiger partial charge on any atom is -0.352 e. The predicted octanol–water partition coefficient (Wildman–Crippen LogP) is 0.845. The Labute approximate surface area is 80.5 Å².